The third-order valence-electron chi connectivity index (χ3n) is 4.40. The second-order valence-corrected chi connectivity index (χ2v) is 7.12. The zero-order chi connectivity index (χ0) is 21.5. The maximum absolute atomic E-state index is 12.7. The van der Waals surface area contributed by atoms with Gasteiger partial charge in [0.25, 0.3) is 11.5 Å². The van der Waals surface area contributed by atoms with Gasteiger partial charge in [0.15, 0.2) is 6.61 Å². The Kier molecular flexibility index (Phi) is 7.30. The van der Waals surface area contributed by atoms with Gasteiger partial charge in [-0.3, -0.25) is 9.59 Å². The van der Waals surface area contributed by atoms with Crippen LogP contribution in [0.25, 0.3) is 10.9 Å². The van der Waals surface area contributed by atoms with E-state index in [-0.39, 0.29) is 24.6 Å². The number of nitrogens with one attached hydrogen (secondary N) is 1. The summed E-state index contributed by atoms with van der Waals surface area (Å²) in [5, 5.41) is 0.951. The van der Waals surface area contributed by atoms with Crippen LogP contribution < -0.4 is 15.0 Å². The van der Waals surface area contributed by atoms with Gasteiger partial charge in [-0.15, -0.1) is 0 Å². The van der Waals surface area contributed by atoms with E-state index in [0.717, 1.165) is 12.2 Å². The first-order valence-corrected chi connectivity index (χ1v) is 10.2. The molecule has 1 aromatic heterocycles. The summed E-state index contributed by atoms with van der Waals surface area (Å²) in [6, 6.07) is 12.0. The summed E-state index contributed by atoms with van der Waals surface area (Å²) in [6.45, 7) is 5.06. The number of amides is 1. The average Bonchev–Trinajstić information content (AvgIpc) is 2.72. The Hall–Kier alpha value is -3.06. The number of halogens is 1. The van der Waals surface area contributed by atoms with Crippen molar-refractivity contribution in [1.29, 1.82) is 0 Å². The van der Waals surface area contributed by atoms with Crippen LogP contribution in [0.4, 0.5) is 0 Å². The lowest BCUT2D eigenvalue weighted by Gasteiger charge is -2.22. The average molecular weight is 430 g/mol. The third-order valence-corrected chi connectivity index (χ3v) is 4.64. The molecule has 0 bridgehead atoms. The summed E-state index contributed by atoms with van der Waals surface area (Å²) in [6.07, 6.45) is 0.762. The van der Waals surface area contributed by atoms with Crippen LogP contribution in [-0.4, -0.2) is 40.5 Å². The van der Waals surface area contributed by atoms with E-state index in [0.29, 0.717) is 40.7 Å². The monoisotopic (exact) mass is 429 g/mol. The van der Waals surface area contributed by atoms with E-state index in [9.17, 15) is 9.59 Å². The van der Waals surface area contributed by atoms with E-state index >= 15 is 0 Å². The third kappa shape index (κ3) is 5.51. The maximum Gasteiger partial charge on any atom is 0.260 e. The Bertz CT molecular complexity index is 1070. The van der Waals surface area contributed by atoms with Crippen LogP contribution in [0.1, 0.15) is 26.1 Å². The van der Waals surface area contributed by atoms with Gasteiger partial charge in [0.05, 0.1) is 24.1 Å². The minimum absolute atomic E-state index is 0.113. The predicted octanol–water partition coefficient (Wildman–Crippen LogP) is 3.79. The van der Waals surface area contributed by atoms with Gasteiger partial charge in [-0.05, 0) is 55.8 Å². The second-order valence-electron chi connectivity index (χ2n) is 6.68. The van der Waals surface area contributed by atoms with Crippen LogP contribution in [-0.2, 0) is 11.3 Å². The number of H-pyrrole nitrogens is 1. The normalized spacial score (nSPS) is 10.8. The van der Waals surface area contributed by atoms with E-state index in [4.69, 9.17) is 21.1 Å². The lowest BCUT2D eigenvalue weighted by molar-refractivity contribution is -0.134. The van der Waals surface area contributed by atoms with Crippen LogP contribution in [0.15, 0.2) is 47.3 Å². The molecule has 3 rings (SSSR count). The fourth-order valence-corrected chi connectivity index (χ4v) is 3.18. The first kappa shape index (κ1) is 21.6. The first-order chi connectivity index (χ1) is 14.5. The summed E-state index contributed by atoms with van der Waals surface area (Å²) in [5.41, 5.74) is 0.233. The number of aromatic nitrogens is 2. The number of fused-ring (bicyclic) bond motifs is 1. The van der Waals surface area contributed by atoms with Gasteiger partial charge < -0.3 is 19.4 Å². The van der Waals surface area contributed by atoms with Crippen molar-refractivity contribution in [2.75, 3.05) is 19.8 Å². The molecule has 0 fully saturated rings. The minimum atomic E-state index is -0.263. The van der Waals surface area contributed by atoms with E-state index < -0.39 is 0 Å². The SMILES string of the molecule is CCCN(Cc1nc2cc(Cl)ccc2c(=O)[nH]1)C(=O)COc1ccc(OCC)cc1. The molecule has 1 N–H and O–H groups in total. The number of hydrogen-bond donors (Lipinski definition) is 1. The molecule has 7 nitrogen and oxygen atoms in total. The highest BCUT2D eigenvalue weighted by atomic mass is 35.5. The van der Waals surface area contributed by atoms with Crippen molar-refractivity contribution < 1.29 is 14.3 Å². The summed E-state index contributed by atoms with van der Waals surface area (Å²) in [4.78, 5) is 33.9. The number of rotatable bonds is 9. The van der Waals surface area contributed by atoms with Gasteiger partial charge in [-0.1, -0.05) is 18.5 Å². The molecule has 0 saturated carbocycles. The zero-order valence-electron chi connectivity index (χ0n) is 17.0. The molecule has 0 unspecified atom stereocenters. The lowest BCUT2D eigenvalue weighted by atomic mass is 10.2. The Morgan fingerprint density at radius 2 is 1.80 bits per heavy atom. The summed E-state index contributed by atoms with van der Waals surface area (Å²) in [5.74, 6) is 1.53. The maximum atomic E-state index is 12.7. The van der Waals surface area contributed by atoms with Crippen molar-refractivity contribution in [3.8, 4) is 11.5 Å². The standard InChI is InChI=1S/C22H24ClN3O4/c1-3-11-26(21(27)14-30-17-8-6-16(7-9-17)29-4-2)13-20-24-19-12-15(23)5-10-18(19)22(28)25-20/h5-10,12H,3-4,11,13-14H2,1-2H3,(H,24,25,28). The van der Waals surface area contributed by atoms with Crippen LogP contribution >= 0.6 is 11.6 Å². The molecule has 0 aliphatic rings. The van der Waals surface area contributed by atoms with Crippen LogP contribution in [0.3, 0.4) is 0 Å². The number of aromatic amines is 1. The fourth-order valence-electron chi connectivity index (χ4n) is 3.01. The molecule has 1 heterocycles. The Morgan fingerprint density at radius 1 is 1.10 bits per heavy atom. The molecular weight excluding hydrogens is 406 g/mol. The van der Waals surface area contributed by atoms with Crippen molar-refractivity contribution in [2.24, 2.45) is 0 Å². The fraction of sp³-hybridized carbons (Fsp3) is 0.318. The molecule has 2 aromatic carbocycles. The number of ether oxygens (including phenoxy) is 2. The lowest BCUT2D eigenvalue weighted by Crippen LogP contribution is -2.36. The van der Waals surface area contributed by atoms with Crippen LogP contribution in [0.5, 0.6) is 11.5 Å². The molecule has 0 radical (unpaired) electrons. The number of hydrogen-bond acceptors (Lipinski definition) is 5. The van der Waals surface area contributed by atoms with Gasteiger partial charge in [-0.2, -0.15) is 0 Å². The van der Waals surface area contributed by atoms with Crippen molar-refractivity contribution in [2.45, 2.75) is 26.8 Å². The number of nitrogens with zero attached hydrogens (tertiary/aromatic N) is 2. The molecule has 0 aliphatic carbocycles. The molecule has 8 heteroatoms. The van der Waals surface area contributed by atoms with Gasteiger partial charge in [-0.25, -0.2) is 4.98 Å². The molecule has 30 heavy (non-hydrogen) atoms. The van der Waals surface area contributed by atoms with Gasteiger partial charge in [0.2, 0.25) is 0 Å². The van der Waals surface area contributed by atoms with Crippen LogP contribution in [0.2, 0.25) is 5.02 Å². The number of carbonyl (C=O) groups excluding carboxylic acids is 1. The summed E-state index contributed by atoms with van der Waals surface area (Å²) in [7, 11) is 0. The van der Waals surface area contributed by atoms with Crippen molar-refractivity contribution in [3.05, 3.63) is 63.7 Å². The molecule has 0 aliphatic heterocycles. The van der Waals surface area contributed by atoms with Crippen molar-refractivity contribution >= 4 is 28.4 Å². The van der Waals surface area contributed by atoms with Crippen molar-refractivity contribution in [3.63, 3.8) is 0 Å². The van der Waals surface area contributed by atoms with E-state index in [1.807, 2.05) is 13.8 Å². The number of carbonyl (C=O) groups is 1. The molecule has 158 valence electrons. The zero-order valence-corrected chi connectivity index (χ0v) is 17.7. The number of benzene rings is 2. The summed E-state index contributed by atoms with van der Waals surface area (Å²) < 4.78 is 11.0. The molecule has 0 saturated heterocycles. The Morgan fingerprint density at radius 3 is 2.47 bits per heavy atom. The Labute approximate surface area is 179 Å². The first-order valence-electron chi connectivity index (χ1n) is 9.82. The van der Waals surface area contributed by atoms with Gasteiger partial charge in [0, 0.05) is 11.6 Å². The smallest absolute Gasteiger partial charge is 0.260 e. The quantitative estimate of drug-likeness (QED) is 0.559. The van der Waals surface area contributed by atoms with Gasteiger partial charge >= 0.3 is 0 Å². The second kappa shape index (κ2) is 10.1. The highest BCUT2D eigenvalue weighted by molar-refractivity contribution is 6.31. The largest absolute Gasteiger partial charge is 0.494 e. The van der Waals surface area contributed by atoms with Crippen LogP contribution in [0, 0.1) is 0 Å². The predicted molar refractivity (Wildman–Crippen MR) is 116 cm³/mol. The molecule has 0 atom stereocenters. The van der Waals surface area contributed by atoms with Gasteiger partial charge in [0.1, 0.15) is 17.3 Å². The molecule has 0 spiro atoms. The molecule has 1 amide bonds. The highest BCUT2D eigenvalue weighted by Gasteiger charge is 2.16. The van der Waals surface area contributed by atoms with E-state index in [1.54, 1.807) is 47.4 Å². The van der Waals surface area contributed by atoms with Crippen molar-refractivity contribution in [1.82, 2.24) is 14.9 Å². The minimum Gasteiger partial charge on any atom is -0.494 e. The highest BCUT2D eigenvalue weighted by Crippen LogP contribution is 2.18. The molecular formula is C22H24ClN3O4. The molecule has 3 aromatic rings. The Balaban J connectivity index is 1.69. The summed E-state index contributed by atoms with van der Waals surface area (Å²) >= 11 is 6.01. The van der Waals surface area contributed by atoms with E-state index in [1.165, 1.54) is 0 Å². The topological polar surface area (TPSA) is 84.5 Å². The van der Waals surface area contributed by atoms with E-state index in [2.05, 4.69) is 9.97 Å².